The summed E-state index contributed by atoms with van der Waals surface area (Å²) in [4.78, 5) is 15.4. The first-order chi connectivity index (χ1) is 9.79. The zero-order chi connectivity index (χ0) is 14.2. The van der Waals surface area contributed by atoms with E-state index in [1.54, 1.807) is 18.4 Å². The molecule has 0 radical (unpaired) electrons. The minimum absolute atomic E-state index is 0.0388. The second-order valence-corrected chi connectivity index (χ2v) is 6.21. The van der Waals surface area contributed by atoms with Crippen LogP contribution in [0.1, 0.15) is 36.7 Å². The number of ether oxygens (including phenoxy) is 1. The first-order valence-corrected chi connectivity index (χ1v) is 8.23. The summed E-state index contributed by atoms with van der Waals surface area (Å²) < 4.78 is 5.44. The Morgan fingerprint density at radius 3 is 2.75 bits per heavy atom. The van der Waals surface area contributed by atoms with Crippen molar-refractivity contribution in [2.24, 2.45) is 0 Å². The number of carbonyl (C=O) groups excluding carboxylic acids is 1. The molecule has 4 nitrogen and oxygen atoms in total. The molecular weight excluding hydrogens is 272 g/mol. The Hall–Kier alpha value is -0.910. The highest BCUT2D eigenvalue weighted by Gasteiger charge is 2.16. The second-order valence-electron chi connectivity index (χ2n) is 5.23. The molecule has 0 bridgehead atoms. The molecule has 1 N–H and O–H groups in total. The third-order valence-electron chi connectivity index (χ3n) is 3.70. The predicted molar refractivity (Wildman–Crippen MR) is 82.0 cm³/mol. The molecule has 5 heteroatoms. The van der Waals surface area contributed by atoms with Crippen molar-refractivity contribution in [1.29, 1.82) is 0 Å². The lowest BCUT2D eigenvalue weighted by Gasteiger charge is -2.20. The summed E-state index contributed by atoms with van der Waals surface area (Å²) in [5.41, 5.74) is 0. The average Bonchev–Trinajstić information content (AvgIpc) is 2.85. The van der Waals surface area contributed by atoms with Crippen LogP contribution in [0.3, 0.4) is 0 Å². The molecule has 1 aliphatic rings. The minimum atomic E-state index is -0.0388. The number of hydrogen-bond acceptors (Lipinski definition) is 4. The van der Waals surface area contributed by atoms with Gasteiger partial charge in [0.2, 0.25) is 5.91 Å². The molecule has 0 saturated carbocycles. The Morgan fingerprint density at radius 1 is 1.40 bits per heavy atom. The summed E-state index contributed by atoms with van der Waals surface area (Å²) in [6.45, 7) is 3.16. The highest BCUT2D eigenvalue weighted by atomic mass is 32.1. The van der Waals surface area contributed by atoms with E-state index in [2.05, 4.69) is 10.2 Å². The fourth-order valence-corrected chi connectivity index (χ4v) is 3.34. The van der Waals surface area contributed by atoms with E-state index in [4.69, 9.17) is 4.74 Å². The lowest BCUT2D eigenvalue weighted by Crippen LogP contribution is -2.39. The van der Waals surface area contributed by atoms with Crippen molar-refractivity contribution < 1.29 is 9.53 Å². The van der Waals surface area contributed by atoms with Crippen molar-refractivity contribution in [1.82, 2.24) is 10.2 Å². The number of carbonyl (C=O) groups is 1. The molecule has 1 amide bonds. The van der Waals surface area contributed by atoms with Crippen molar-refractivity contribution in [3.63, 3.8) is 0 Å². The highest BCUT2D eigenvalue weighted by molar-refractivity contribution is 7.10. The van der Waals surface area contributed by atoms with Gasteiger partial charge in [0.1, 0.15) is 6.10 Å². The zero-order valence-electron chi connectivity index (χ0n) is 12.1. The van der Waals surface area contributed by atoms with E-state index in [0.29, 0.717) is 13.1 Å². The smallest absolute Gasteiger partial charge is 0.234 e. The van der Waals surface area contributed by atoms with Crippen molar-refractivity contribution in [2.75, 3.05) is 33.3 Å². The van der Waals surface area contributed by atoms with Crippen molar-refractivity contribution >= 4 is 17.2 Å². The summed E-state index contributed by atoms with van der Waals surface area (Å²) in [5.74, 6) is 0.102. The molecule has 2 rings (SSSR count). The molecule has 112 valence electrons. The average molecular weight is 296 g/mol. The number of methoxy groups -OCH3 is 1. The molecule has 1 atom stereocenters. The van der Waals surface area contributed by atoms with Gasteiger partial charge in [-0.2, -0.15) is 0 Å². The fourth-order valence-electron chi connectivity index (χ4n) is 2.53. The second kappa shape index (κ2) is 8.39. The van der Waals surface area contributed by atoms with Crippen LogP contribution in [-0.2, 0) is 9.53 Å². The third-order valence-corrected chi connectivity index (χ3v) is 4.66. The van der Waals surface area contributed by atoms with Gasteiger partial charge in [-0.05, 0) is 37.4 Å². The molecule has 2 heterocycles. The summed E-state index contributed by atoms with van der Waals surface area (Å²) in [6.07, 6.45) is 4.97. The molecule has 1 fully saturated rings. The normalized spacial score (nSPS) is 18.4. The van der Waals surface area contributed by atoms with Crippen LogP contribution in [0.2, 0.25) is 0 Å². The van der Waals surface area contributed by atoms with Gasteiger partial charge in [0, 0.05) is 18.5 Å². The SMILES string of the molecule is COC(CNC(=O)CN1CCCCCC1)c1cccs1. The maximum atomic E-state index is 12.0. The van der Waals surface area contributed by atoms with Gasteiger partial charge in [-0.1, -0.05) is 18.9 Å². The molecule has 1 aliphatic heterocycles. The first kappa shape index (κ1) is 15.5. The minimum Gasteiger partial charge on any atom is -0.374 e. The van der Waals surface area contributed by atoms with Crippen LogP contribution in [-0.4, -0.2) is 44.1 Å². The number of rotatable bonds is 6. The third kappa shape index (κ3) is 4.89. The van der Waals surface area contributed by atoms with Crippen LogP contribution < -0.4 is 5.32 Å². The topological polar surface area (TPSA) is 41.6 Å². The summed E-state index contributed by atoms with van der Waals surface area (Å²) >= 11 is 1.66. The van der Waals surface area contributed by atoms with Gasteiger partial charge in [0.05, 0.1) is 6.54 Å². The molecule has 0 aromatic carbocycles. The molecule has 20 heavy (non-hydrogen) atoms. The van der Waals surface area contributed by atoms with Gasteiger partial charge in [-0.25, -0.2) is 0 Å². The summed E-state index contributed by atoms with van der Waals surface area (Å²) in [7, 11) is 1.69. The maximum Gasteiger partial charge on any atom is 0.234 e. The van der Waals surface area contributed by atoms with E-state index in [1.807, 2.05) is 17.5 Å². The molecule has 1 aromatic heterocycles. The fraction of sp³-hybridized carbons (Fsp3) is 0.667. The number of hydrogen-bond donors (Lipinski definition) is 1. The van der Waals surface area contributed by atoms with E-state index < -0.39 is 0 Å². The lowest BCUT2D eigenvalue weighted by atomic mass is 10.2. The monoisotopic (exact) mass is 296 g/mol. The molecular formula is C15H24N2O2S. The van der Waals surface area contributed by atoms with Crippen LogP contribution in [0.25, 0.3) is 0 Å². The Balaban J connectivity index is 1.73. The zero-order valence-corrected chi connectivity index (χ0v) is 13.0. The van der Waals surface area contributed by atoms with Crippen LogP contribution in [0.4, 0.5) is 0 Å². The van der Waals surface area contributed by atoms with E-state index in [-0.39, 0.29) is 12.0 Å². The van der Waals surface area contributed by atoms with E-state index in [9.17, 15) is 4.79 Å². The van der Waals surface area contributed by atoms with Gasteiger partial charge in [0.15, 0.2) is 0 Å². The highest BCUT2D eigenvalue weighted by Crippen LogP contribution is 2.20. The lowest BCUT2D eigenvalue weighted by molar-refractivity contribution is -0.122. The van der Waals surface area contributed by atoms with Crippen LogP contribution in [0, 0.1) is 0 Å². The van der Waals surface area contributed by atoms with E-state index in [0.717, 1.165) is 18.0 Å². The number of thiophene rings is 1. The van der Waals surface area contributed by atoms with Crippen LogP contribution in [0.15, 0.2) is 17.5 Å². The van der Waals surface area contributed by atoms with Gasteiger partial charge >= 0.3 is 0 Å². The number of amides is 1. The Bertz CT molecular complexity index is 387. The largest absolute Gasteiger partial charge is 0.374 e. The Morgan fingerprint density at radius 2 is 2.15 bits per heavy atom. The van der Waals surface area contributed by atoms with Crippen LogP contribution in [0.5, 0.6) is 0 Å². The molecule has 0 spiro atoms. The Kier molecular flexibility index (Phi) is 6.50. The van der Waals surface area contributed by atoms with Gasteiger partial charge in [-0.15, -0.1) is 11.3 Å². The number of nitrogens with one attached hydrogen (secondary N) is 1. The molecule has 1 unspecified atom stereocenters. The predicted octanol–water partition coefficient (Wildman–Crippen LogP) is 2.43. The van der Waals surface area contributed by atoms with E-state index in [1.165, 1.54) is 25.7 Å². The maximum absolute atomic E-state index is 12.0. The first-order valence-electron chi connectivity index (χ1n) is 7.35. The summed E-state index contributed by atoms with van der Waals surface area (Å²) in [5, 5.41) is 5.02. The van der Waals surface area contributed by atoms with Gasteiger partial charge in [0.25, 0.3) is 0 Å². The van der Waals surface area contributed by atoms with Crippen molar-refractivity contribution in [3.05, 3.63) is 22.4 Å². The molecule has 0 aliphatic carbocycles. The molecule has 1 saturated heterocycles. The number of nitrogens with zero attached hydrogens (tertiary/aromatic N) is 1. The van der Waals surface area contributed by atoms with Gasteiger partial charge < -0.3 is 10.1 Å². The molecule has 1 aromatic rings. The Labute approximate surface area is 125 Å². The standard InChI is InChI=1S/C15H24N2O2S/c1-19-13(14-7-6-10-20-14)11-16-15(18)12-17-8-4-2-3-5-9-17/h6-7,10,13H,2-5,8-9,11-12H2,1H3,(H,16,18). The quantitative estimate of drug-likeness (QED) is 0.876. The van der Waals surface area contributed by atoms with E-state index >= 15 is 0 Å². The van der Waals surface area contributed by atoms with Crippen molar-refractivity contribution in [3.8, 4) is 0 Å². The number of likely N-dealkylation sites (tertiary alicyclic amines) is 1. The van der Waals surface area contributed by atoms with Crippen molar-refractivity contribution in [2.45, 2.75) is 31.8 Å². The van der Waals surface area contributed by atoms with Crippen LogP contribution >= 0.6 is 11.3 Å². The summed E-state index contributed by atoms with van der Waals surface area (Å²) in [6, 6.07) is 4.05. The van der Waals surface area contributed by atoms with Gasteiger partial charge in [-0.3, -0.25) is 9.69 Å².